The second kappa shape index (κ2) is 57.4. The second-order valence-corrected chi connectivity index (χ2v) is 19.5. The molecule has 0 rings (SSSR count). The van der Waals surface area contributed by atoms with Gasteiger partial charge < -0.3 is 14.2 Å². The number of rotatable bonds is 53. The Balaban J connectivity index is 4.25. The Labute approximate surface area is 427 Å². The molecule has 0 radical (unpaired) electrons. The molecule has 0 bridgehead atoms. The highest BCUT2D eigenvalue weighted by atomic mass is 16.6. The van der Waals surface area contributed by atoms with Gasteiger partial charge in [0.25, 0.3) is 0 Å². The fourth-order valence-electron chi connectivity index (χ4n) is 8.30. The number of unbranched alkanes of at least 4 members (excludes halogenated alkanes) is 30. The van der Waals surface area contributed by atoms with Crippen molar-refractivity contribution in [1.29, 1.82) is 0 Å². The van der Waals surface area contributed by atoms with E-state index in [4.69, 9.17) is 14.2 Å². The van der Waals surface area contributed by atoms with E-state index in [-0.39, 0.29) is 31.1 Å². The Bertz CT molecular complexity index is 1290. The molecule has 0 saturated heterocycles. The normalized spacial score (nSPS) is 12.6. The van der Waals surface area contributed by atoms with E-state index in [1.165, 1.54) is 141 Å². The largest absolute Gasteiger partial charge is 0.462 e. The first-order valence-electron chi connectivity index (χ1n) is 29.4. The Morgan fingerprint density at radius 2 is 0.594 bits per heavy atom. The molecule has 0 aliphatic heterocycles. The van der Waals surface area contributed by atoms with Gasteiger partial charge in [-0.15, -0.1) is 0 Å². The maximum atomic E-state index is 12.8. The van der Waals surface area contributed by atoms with E-state index in [9.17, 15) is 14.4 Å². The van der Waals surface area contributed by atoms with Gasteiger partial charge in [-0.2, -0.15) is 0 Å². The third kappa shape index (κ3) is 55.6. The zero-order valence-electron chi connectivity index (χ0n) is 45.6. The number of carbonyl (C=O) groups excluding carboxylic acids is 3. The van der Waals surface area contributed by atoms with E-state index in [2.05, 4.69) is 93.7 Å². The van der Waals surface area contributed by atoms with Crippen LogP contribution in [0, 0.1) is 0 Å². The summed E-state index contributed by atoms with van der Waals surface area (Å²) in [5, 5.41) is 0. The lowest BCUT2D eigenvalue weighted by Gasteiger charge is -2.18. The first kappa shape index (κ1) is 65.8. The molecular weight excluding hydrogens is 853 g/mol. The number of allylic oxidation sites excluding steroid dienone is 12. The third-order valence-corrected chi connectivity index (χ3v) is 12.7. The molecular formula is C63H110O6. The molecule has 0 heterocycles. The van der Waals surface area contributed by atoms with Crippen molar-refractivity contribution in [3.05, 3.63) is 72.9 Å². The van der Waals surface area contributed by atoms with Crippen molar-refractivity contribution >= 4 is 17.9 Å². The van der Waals surface area contributed by atoms with Gasteiger partial charge in [0.2, 0.25) is 0 Å². The first-order valence-corrected chi connectivity index (χ1v) is 29.4. The number of ether oxygens (including phenoxy) is 3. The SMILES string of the molecule is CC/C=C\C/C=C\C/C=C\C/C=C\C/C=C\CCCCCCCCCCCC(=O)OCC(COC(=O)CCCCCCC/C=C\CCC)OC(=O)CCCCCCCCCCCCCCCCCC. The predicted octanol–water partition coefficient (Wildman–Crippen LogP) is 19.8. The Morgan fingerprint density at radius 3 is 0.957 bits per heavy atom. The fourth-order valence-corrected chi connectivity index (χ4v) is 8.30. The third-order valence-electron chi connectivity index (χ3n) is 12.7. The number of hydrogen-bond donors (Lipinski definition) is 0. The monoisotopic (exact) mass is 963 g/mol. The Morgan fingerprint density at radius 1 is 0.304 bits per heavy atom. The van der Waals surface area contributed by atoms with E-state index in [0.717, 1.165) is 109 Å². The van der Waals surface area contributed by atoms with E-state index in [1.54, 1.807) is 0 Å². The summed E-state index contributed by atoms with van der Waals surface area (Å²) in [6.07, 6.45) is 73.3. The summed E-state index contributed by atoms with van der Waals surface area (Å²) >= 11 is 0. The van der Waals surface area contributed by atoms with Gasteiger partial charge in [0.05, 0.1) is 0 Å². The van der Waals surface area contributed by atoms with Crippen LogP contribution in [-0.2, 0) is 28.6 Å². The van der Waals surface area contributed by atoms with Crippen LogP contribution in [-0.4, -0.2) is 37.2 Å². The van der Waals surface area contributed by atoms with Crippen LogP contribution in [0.5, 0.6) is 0 Å². The van der Waals surface area contributed by atoms with Gasteiger partial charge in [0.15, 0.2) is 6.10 Å². The minimum atomic E-state index is -0.778. The topological polar surface area (TPSA) is 78.9 Å². The van der Waals surface area contributed by atoms with Crippen LogP contribution in [0.1, 0.15) is 290 Å². The second-order valence-electron chi connectivity index (χ2n) is 19.5. The maximum Gasteiger partial charge on any atom is 0.306 e. The standard InChI is InChI=1S/C63H110O6/c1-4-7-10-13-16-19-22-24-26-28-29-30-31-32-33-34-35-36-38-39-41-44-47-50-53-56-62(65)68-59-60(58-67-61(64)55-52-49-46-43-21-18-15-12-9-6-3)69-63(66)57-54-51-48-45-42-40-37-27-25-23-20-17-14-11-8-5-2/h7,10,12,15-16,19,24,26,29-30,32-33,60H,4-6,8-9,11,13-14,17-18,20-23,25,27-28,31,34-59H2,1-3H3/b10-7-,15-12-,19-16-,26-24-,30-29-,33-32-. The molecule has 0 spiro atoms. The number of esters is 3. The van der Waals surface area contributed by atoms with Gasteiger partial charge in [-0.05, 0) is 83.5 Å². The van der Waals surface area contributed by atoms with Crippen molar-refractivity contribution in [3.63, 3.8) is 0 Å². The van der Waals surface area contributed by atoms with Gasteiger partial charge in [0.1, 0.15) is 13.2 Å². The average molecular weight is 964 g/mol. The van der Waals surface area contributed by atoms with Crippen LogP contribution in [0.15, 0.2) is 72.9 Å². The Hall–Kier alpha value is -3.15. The molecule has 1 atom stereocenters. The molecule has 0 N–H and O–H groups in total. The molecule has 0 fully saturated rings. The zero-order chi connectivity index (χ0) is 50.0. The molecule has 69 heavy (non-hydrogen) atoms. The van der Waals surface area contributed by atoms with Gasteiger partial charge >= 0.3 is 17.9 Å². The van der Waals surface area contributed by atoms with Crippen molar-refractivity contribution < 1.29 is 28.6 Å². The molecule has 0 aromatic rings. The van der Waals surface area contributed by atoms with Gasteiger partial charge in [0, 0.05) is 19.3 Å². The zero-order valence-corrected chi connectivity index (χ0v) is 45.6. The molecule has 0 aromatic heterocycles. The highest BCUT2D eigenvalue weighted by molar-refractivity contribution is 5.71. The minimum absolute atomic E-state index is 0.0788. The highest BCUT2D eigenvalue weighted by Gasteiger charge is 2.19. The van der Waals surface area contributed by atoms with Crippen LogP contribution < -0.4 is 0 Å². The van der Waals surface area contributed by atoms with Crippen molar-refractivity contribution in [2.75, 3.05) is 13.2 Å². The smallest absolute Gasteiger partial charge is 0.306 e. The quantitative estimate of drug-likeness (QED) is 0.0262. The fraction of sp³-hybridized carbons (Fsp3) is 0.762. The molecule has 0 saturated carbocycles. The van der Waals surface area contributed by atoms with E-state index < -0.39 is 6.10 Å². The number of hydrogen-bond acceptors (Lipinski definition) is 6. The summed E-state index contributed by atoms with van der Waals surface area (Å²) in [7, 11) is 0. The van der Waals surface area contributed by atoms with Crippen molar-refractivity contribution in [2.45, 2.75) is 297 Å². The lowest BCUT2D eigenvalue weighted by atomic mass is 10.0. The van der Waals surface area contributed by atoms with Crippen LogP contribution in [0.2, 0.25) is 0 Å². The van der Waals surface area contributed by atoms with Crippen LogP contribution >= 0.6 is 0 Å². The van der Waals surface area contributed by atoms with E-state index in [0.29, 0.717) is 19.3 Å². The molecule has 0 aromatic carbocycles. The minimum Gasteiger partial charge on any atom is -0.462 e. The average Bonchev–Trinajstić information content (AvgIpc) is 3.35. The van der Waals surface area contributed by atoms with Crippen molar-refractivity contribution in [2.24, 2.45) is 0 Å². The van der Waals surface area contributed by atoms with E-state index >= 15 is 0 Å². The van der Waals surface area contributed by atoms with Gasteiger partial charge in [-0.25, -0.2) is 0 Å². The van der Waals surface area contributed by atoms with Crippen molar-refractivity contribution in [3.8, 4) is 0 Å². The molecule has 0 aliphatic rings. The molecule has 1 unspecified atom stereocenters. The summed E-state index contributed by atoms with van der Waals surface area (Å²) in [4.78, 5) is 38.1. The summed E-state index contributed by atoms with van der Waals surface area (Å²) < 4.78 is 16.8. The predicted molar refractivity (Wildman–Crippen MR) is 298 cm³/mol. The molecule has 6 heteroatoms. The summed E-state index contributed by atoms with van der Waals surface area (Å²) in [5.74, 6) is -0.884. The maximum absolute atomic E-state index is 12.8. The number of carbonyl (C=O) groups is 3. The van der Waals surface area contributed by atoms with Gasteiger partial charge in [-0.3, -0.25) is 14.4 Å². The Kier molecular flexibility index (Phi) is 54.8. The van der Waals surface area contributed by atoms with E-state index in [1.807, 2.05) is 0 Å². The summed E-state index contributed by atoms with van der Waals surface area (Å²) in [6.45, 7) is 6.48. The van der Waals surface area contributed by atoms with Crippen LogP contribution in [0.4, 0.5) is 0 Å². The van der Waals surface area contributed by atoms with Crippen LogP contribution in [0.3, 0.4) is 0 Å². The lowest BCUT2D eigenvalue weighted by Crippen LogP contribution is -2.30. The van der Waals surface area contributed by atoms with Crippen LogP contribution in [0.25, 0.3) is 0 Å². The van der Waals surface area contributed by atoms with Crippen molar-refractivity contribution in [1.82, 2.24) is 0 Å². The summed E-state index contributed by atoms with van der Waals surface area (Å²) in [6, 6.07) is 0. The highest BCUT2D eigenvalue weighted by Crippen LogP contribution is 2.16. The van der Waals surface area contributed by atoms with Gasteiger partial charge in [-0.1, -0.05) is 261 Å². The molecule has 0 aliphatic carbocycles. The molecule has 398 valence electrons. The molecule has 0 amide bonds. The lowest BCUT2D eigenvalue weighted by molar-refractivity contribution is -0.167. The molecule has 6 nitrogen and oxygen atoms in total. The summed E-state index contributed by atoms with van der Waals surface area (Å²) in [5.41, 5.74) is 0. The first-order chi connectivity index (χ1) is 34.0.